The maximum absolute atomic E-state index is 5.63. The number of benzene rings is 2. The first-order valence-electron chi connectivity index (χ1n) is 4.99. The molecule has 0 saturated carbocycles. The average molecular weight is 197 g/mol. The van der Waals surface area contributed by atoms with E-state index in [4.69, 9.17) is 4.74 Å². The fraction of sp³-hybridized carbons (Fsp3) is 0.143. The van der Waals surface area contributed by atoms with Crippen LogP contribution in [0.4, 0.5) is 0 Å². The maximum Gasteiger partial charge on any atom is 0.119 e. The fourth-order valence-corrected chi connectivity index (χ4v) is 1.32. The number of aryl methyl sites for hydroxylation is 1. The van der Waals surface area contributed by atoms with Crippen molar-refractivity contribution >= 4 is 0 Å². The van der Waals surface area contributed by atoms with Crippen LogP contribution < -0.4 is 4.74 Å². The van der Waals surface area contributed by atoms with E-state index in [1.165, 1.54) is 5.56 Å². The summed E-state index contributed by atoms with van der Waals surface area (Å²) in [5.41, 5.74) is 2.41. The van der Waals surface area contributed by atoms with E-state index < -0.39 is 0 Å². The van der Waals surface area contributed by atoms with Gasteiger partial charge in [-0.2, -0.15) is 0 Å². The van der Waals surface area contributed by atoms with E-state index in [0.29, 0.717) is 6.61 Å². The largest absolute Gasteiger partial charge is 0.489 e. The van der Waals surface area contributed by atoms with Gasteiger partial charge in [0.2, 0.25) is 0 Å². The molecule has 0 amide bonds. The van der Waals surface area contributed by atoms with Crippen molar-refractivity contribution in [1.29, 1.82) is 0 Å². The Morgan fingerprint density at radius 2 is 1.67 bits per heavy atom. The third kappa shape index (κ3) is 2.84. The van der Waals surface area contributed by atoms with E-state index in [2.05, 4.69) is 13.0 Å². The van der Waals surface area contributed by atoms with E-state index in [9.17, 15) is 0 Å². The Kier molecular flexibility index (Phi) is 3.03. The predicted octanol–water partition coefficient (Wildman–Crippen LogP) is 3.37. The smallest absolute Gasteiger partial charge is 0.119 e. The number of hydrogen-bond acceptors (Lipinski definition) is 1. The quantitative estimate of drug-likeness (QED) is 0.733. The maximum atomic E-state index is 5.63. The van der Waals surface area contributed by atoms with Gasteiger partial charge in [-0.05, 0) is 30.7 Å². The first-order chi connectivity index (χ1) is 7.34. The van der Waals surface area contributed by atoms with Gasteiger partial charge in [-0.3, -0.25) is 0 Å². The predicted molar refractivity (Wildman–Crippen MR) is 60.8 cm³/mol. The first-order valence-corrected chi connectivity index (χ1v) is 4.99. The van der Waals surface area contributed by atoms with Crippen molar-refractivity contribution in [2.75, 3.05) is 0 Å². The minimum absolute atomic E-state index is 0.609. The van der Waals surface area contributed by atoms with Crippen molar-refractivity contribution in [2.24, 2.45) is 0 Å². The Labute approximate surface area is 90.3 Å². The van der Waals surface area contributed by atoms with Gasteiger partial charge in [0.1, 0.15) is 12.4 Å². The highest BCUT2D eigenvalue weighted by Gasteiger charge is 1.94. The summed E-state index contributed by atoms with van der Waals surface area (Å²) in [5, 5.41) is 0. The lowest BCUT2D eigenvalue weighted by Gasteiger charge is -2.05. The van der Waals surface area contributed by atoms with Crippen LogP contribution in [0.25, 0.3) is 0 Å². The average Bonchev–Trinajstić information content (AvgIpc) is 2.30. The Hall–Kier alpha value is -1.76. The van der Waals surface area contributed by atoms with Crippen LogP contribution in [0, 0.1) is 13.0 Å². The lowest BCUT2D eigenvalue weighted by molar-refractivity contribution is 0.306. The molecule has 0 atom stereocenters. The van der Waals surface area contributed by atoms with Gasteiger partial charge >= 0.3 is 0 Å². The zero-order chi connectivity index (χ0) is 10.5. The van der Waals surface area contributed by atoms with Crippen molar-refractivity contribution in [1.82, 2.24) is 0 Å². The molecule has 0 heterocycles. The molecule has 0 aliphatic carbocycles. The van der Waals surface area contributed by atoms with Crippen LogP contribution in [0.1, 0.15) is 11.1 Å². The summed E-state index contributed by atoms with van der Waals surface area (Å²) in [6, 6.07) is 18.9. The Morgan fingerprint density at radius 3 is 2.33 bits per heavy atom. The molecule has 0 unspecified atom stereocenters. The number of rotatable bonds is 3. The highest BCUT2D eigenvalue weighted by Crippen LogP contribution is 2.13. The molecule has 1 heteroatoms. The topological polar surface area (TPSA) is 9.23 Å². The molecule has 0 saturated heterocycles. The Bertz CT molecular complexity index is 403. The van der Waals surface area contributed by atoms with Crippen LogP contribution in [0.15, 0.2) is 48.5 Å². The molecule has 0 aromatic heterocycles. The molecule has 15 heavy (non-hydrogen) atoms. The van der Waals surface area contributed by atoms with E-state index in [-0.39, 0.29) is 0 Å². The van der Waals surface area contributed by atoms with E-state index in [1.54, 1.807) is 0 Å². The van der Waals surface area contributed by atoms with Crippen LogP contribution in [0.5, 0.6) is 5.75 Å². The minimum Gasteiger partial charge on any atom is -0.489 e. The van der Waals surface area contributed by atoms with Crippen molar-refractivity contribution in [3.8, 4) is 5.75 Å². The van der Waals surface area contributed by atoms with Gasteiger partial charge in [0.05, 0.1) is 0 Å². The zero-order valence-corrected chi connectivity index (χ0v) is 8.73. The summed E-state index contributed by atoms with van der Waals surface area (Å²) in [7, 11) is 0. The lowest BCUT2D eigenvalue weighted by atomic mass is 10.2. The van der Waals surface area contributed by atoms with E-state index in [0.717, 1.165) is 11.3 Å². The van der Waals surface area contributed by atoms with Crippen molar-refractivity contribution in [3.63, 3.8) is 0 Å². The van der Waals surface area contributed by atoms with Gasteiger partial charge in [-0.25, -0.2) is 0 Å². The van der Waals surface area contributed by atoms with Gasteiger partial charge in [0, 0.05) is 0 Å². The van der Waals surface area contributed by atoms with Crippen LogP contribution in [0.3, 0.4) is 0 Å². The molecule has 0 aliphatic heterocycles. The summed E-state index contributed by atoms with van der Waals surface area (Å²) < 4.78 is 5.63. The van der Waals surface area contributed by atoms with Gasteiger partial charge < -0.3 is 4.74 Å². The molecular weight excluding hydrogens is 184 g/mol. The first kappa shape index (κ1) is 9.78. The third-order valence-corrected chi connectivity index (χ3v) is 2.21. The van der Waals surface area contributed by atoms with Crippen molar-refractivity contribution < 1.29 is 4.74 Å². The molecule has 75 valence electrons. The Morgan fingerprint density at radius 1 is 1.00 bits per heavy atom. The summed E-state index contributed by atoms with van der Waals surface area (Å²) in [6.07, 6.45) is 0. The van der Waals surface area contributed by atoms with Crippen LogP contribution in [0.2, 0.25) is 0 Å². The second-order valence-corrected chi connectivity index (χ2v) is 3.51. The van der Waals surface area contributed by atoms with E-state index >= 15 is 0 Å². The SMILES string of the molecule is Cc1ccc(OCc2cc[c]cc2)cc1. The van der Waals surface area contributed by atoms with Crippen molar-refractivity contribution in [3.05, 3.63) is 65.7 Å². The van der Waals surface area contributed by atoms with Gasteiger partial charge in [0.15, 0.2) is 0 Å². The van der Waals surface area contributed by atoms with Gasteiger partial charge in [-0.1, -0.05) is 42.0 Å². The zero-order valence-electron chi connectivity index (χ0n) is 8.73. The van der Waals surface area contributed by atoms with Gasteiger partial charge in [-0.15, -0.1) is 0 Å². The molecule has 0 N–H and O–H groups in total. The molecule has 2 rings (SSSR count). The molecule has 0 spiro atoms. The summed E-state index contributed by atoms with van der Waals surface area (Å²) in [4.78, 5) is 0. The molecule has 0 aliphatic rings. The Balaban J connectivity index is 1.96. The minimum atomic E-state index is 0.609. The number of hydrogen-bond donors (Lipinski definition) is 0. The molecule has 2 aromatic carbocycles. The second kappa shape index (κ2) is 4.65. The molecule has 1 radical (unpaired) electrons. The third-order valence-electron chi connectivity index (χ3n) is 2.21. The second-order valence-electron chi connectivity index (χ2n) is 3.51. The highest BCUT2D eigenvalue weighted by atomic mass is 16.5. The standard InChI is InChI=1S/C14H13O/c1-12-7-9-14(10-8-12)15-11-13-5-3-2-4-6-13/h3-10H,11H2,1H3. The fourth-order valence-electron chi connectivity index (χ4n) is 1.32. The lowest BCUT2D eigenvalue weighted by Crippen LogP contribution is -1.94. The molecular formula is C14H13O. The molecule has 2 aromatic rings. The summed E-state index contributed by atoms with van der Waals surface area (Å²) in [6.45, 7) is 2.68. The molecule has 0 bridgehead atoms. The van der Waals surface area contributed by atoms with Crippen LogP contribution in [-0.2, 0) is 6.61 Å². The van der Waals surface area contributed by atoms with Crippen LogP contribution >= 0.6 is 0 Å². The molecule has 0 fully saturated rings. The van der Waals surface area contributed by atoms with Crippen LogP contribution in [-0.4, -0.2) is 0 Å². The summed E-state index contributed by atoms with van der Waals surface area (Å²) >= 11 is 0. The number of ether oxygens (including phenoxy) is 1. The highest BCUT2D eigenvalue weighted by molar-refractivity contribution is 5.26. The monoisotopic (exact) mass is 197 g/mol. The van der Waals surface area contributed by atoms with Gasteiger partial charge in [0.25, 0.3) is 0 Å². The van der Waals surface area contributed by atoms with E-state index in [1.807, 2.05) is 48.5 Å². The molecule has 1 nitrogen and oxygen atoms in total. The van der Waals surface area contributed by atoms with Crippen molar-refractivity contribution in [2.45, 2.75) is 13.5 Å². The normalized spacial score (nSPS) is 9.93. The summed E-state index contributed by atoms with van der Waals surface area (Å²) in [5.74, 6) is 0.911.